The lowest BCUT2D eigenvalue weighted by Crippen LogP contribution is -2.17. The molecule has 0 N–H and O–H groups in total. The molecule has 0 atom stereocenters. The number of anilines is 1. The number of benzene rings is 1. The second-order valence-electron chi connectivity index (χ2n) is 5.42. The summed E-state index contributed by atoms with van der Waals surface area (Å²) in [5.41, 5.74) is 1.20. The number of aromatic nitrogens is 4. The molecule has 0 fully saturated rings. The van der Waals surface area contributed by atoms with Crippen molar-refractivity contribution in [3.8, 4) is 0 Å². The molecule has 2 aromatic heterocycles. The monoisotopic (exact) mass is 313 g/mol. The van der Waals surface area contributed by atoms with Gasteiger partial charge in [-0.2, -0.15) is 9.97 Å². The third-order valence-electron chi connectivity index (χ3n) is 3.41. The van der Waals surface area contributed by atoms with Crippen LogP contribution < -0.4 is 4.90 Å². The lowest BCUT2D eigenvalue weighted by molar-refractivity contribution is 0.357. The summed E-state index contributed by atoms with van der Waals surface area (Å²) in [6.07, 6.45) is 2.22. The molecule has 0 aliphatic rings. The molecule has 0 aliphatic heterocycles. The molecular weight excluding hydrogens is 294 g/mol. The van der Waals surface area contributed by atoms with Crippen molar-refractivity contribution in [3.05, 3.63) is 53.5 Å². The van der Waals surface area contributed by atoms with Gasteiger partial charge in [0.25, 0.3) is 5.95 Å². The highest BCUT2D eigenvalue weighted by atomic mass is 16.5. The molecule has 0 saturated heterocycles. The van der Waals surface area contributed by atoms with Gasteiger partial charge in [-0.05, 0) is 24.1 Å². The van der Waals surface area contributed by atoms with Crippen LogP contribution in [-0.4, -0.2) is 27.3 Å². The van der Waals surface area contributed by atoms with Gasteiger partial charge in [-0.15, -0.1) is 0 Å². The molecule has 0 bridgehead atoms. The van der Waals surface area contributed by atoms with E-state index < -0.39 is 0 Å². The Balaban J connectivity index is 1.51. The van der Waals surface area contributed by atoms with E-state index in [0.29, 0.717) is 36.4 Å². The van der Waals surface area contributed by atoms with E-state index in [-0.39, 0.29) is 0 Å². The van der Waals surface area contributed by atoms with Crippen LogP contribution in [0.15, 0.2) is 39.4 Å². The highest BCUT2D eigenvalue weighted by Gasteiger charge is 2.11. The molecule has 3 rings (SSSR count). The average Bonchev–Trinajstić information content (AvgIpc) is 3.18. The average molecular weight is 313 g/mol. The molecule has 1 aromatic carbocycles. The fraction of sp³-hybridized carbons (Fsp3) is 0.375. The van der Waals surface area contributed by atoms with Gasteiger partial charge in [-0.1, -0.05) is 35.5 Å². The molecule has 0 aliphatic carbocycles. The van der Waals surface area contributed by atoms with Crippen molar-refractivity contribution in [3.63, 3.8) is 0 Å². The van der Waals surface area contributed by atoms with Gasteiger partial charge in [-0.3, -0.25) is 0 Å². The van der Waals surface area contributed by atoms with Gasteiger partial charge in [-0.25, -0.2) is 0 Å². The van der Waals surface area contributed by atoms with Crippen LogP contribution in [0.3, 0.4) is 0 Å². The van der Waals surface area contributed by atoms with Crippen LogP contribution in [0.5, 0.6) is 0 Å². The van der Waals surface area contributed by atoms with Crippen molar-refractivity contribution in [1.29, 1.82) is 0 Å². The number of rotatable bonds is 7. The molecule has 120 valence electrons. The molecule has 0 radical (unpaired) electrons. The first kappa shape index (κ1) is 15.2. The van der Waals surface area contributed by atoms with Gasteiger partial charge in [0.05, 0.1) is 0 Å². The second-order valence-corrected chi connectivity index (χ2v) is 5.42. The van der Waals surface area contributed by atoms with Crippen LogP contribution >= 0.6 is 0 Å². The summed E-state index contributed by atoms with van der Waals surface area (Å²) in [6.45, 7) is 2.54. The van der Waals surface area contributed by atoms with Crippen molar-refractivity contribution in [2.24, 2.45) is 0 Å². The quantitative estimate of drug-likeness (QED) is 0.663. The summed E-state index contributed by atoms with van der Waals surface area (Å²) >= 11 is 0. The van der Waals surface area contributed by atoms with Crippen LogP contribution in [0.1, 0.15) is 29.6 Å². The summed E-state index contributed by atoms with van der Waals surface area (Å²) < 4.78 is 10.4. The molecule has 7 heteroatoms. The van der Waals surface area contributed by atoms with E-state index >= 15 is 0 Å². The van der Waals surface area contributed by atoms with Crippen LogP contribution in [-0.2, 0) is 19.4 Å². The van der Waals surface area contributed by atoms with Gasteiger partial charge >= 0.3 is 0 Å². The minimum absolute atomic E-state index is 0.595. The maximum absolute atomic E-state index is 5.30. The summed E-state index contributed by atoms with van der Waals surface area (Å²) in [5.74, 6) is 2.51. The number of aryl methyl sites for hydroxylation is 3. The zero-order valence-electron chi connectivity index (χ0n) is 13.3. The Morgan fingerprint density at radius 3 is 2.35 bits per heavy atom. The van der Waals surface area contributed by atoms with Gasteiger partial charge in [0, 0.05) is 26.4 Å². The molecule has 23 heavy (non-hydrogen) atoms. The van der Waals surface area contributed by atoms with Crippen molar-refractivity contribution in [2.45, 2.75) is 32.7 Å². The SMILES string of the molecule is Cc1noc(CCCc2nc(N(C)Cc3ccccc3)no2)n1. The highest BCUT2D eigenvalue weighted by Crippen LogP contribution is 2.13. The Morgan fingerprint density at radius 1 is 0.957 bits per heavy atom. The molecule has 0 unspecified atom stereocenters. The van der Waals surface area contributed by atoms with Crippen molar-refractivity contribution in [1.82, 2.24) is 20.3 Å². The Labute approximate surface area is 134 Å². The predicted molar refractivity (Wildman–Crippen MR) is 83.9 cm³/mol. The minimum atomic E-state index is 0.595. The second kappa shape index (κ2) is 7.04. The van der Waals surface area contributed by atoms with E-state index in [1.165, 1.54) is 5.56 Å². The van der Waals surface area contributed by atoms with E-state index in [9.17, 15) is 0 Å². The summed E-state index contributed by atoms with van der Waals surface area (Å²) in [6, 6.07) is 10.2. The normalized spacial score (nSPS) is 10.9. The molecule has 0 saturated carbocycles. The van der Waals surface area contributed by atoms with Crippen LogP contribution in [0, 0.1) is 6.92 Å². The lowest BCUT2D eigenvalue weighted by Gasteiger charge is -2.13. The smallest absolute Gasteiger partial charge is 0.266 e. The van der Waals surface area contributed by atoms with E-state index in [1.54, 1.807) is 6.92 Å². The molecule has 7 nitrogen and oxygen atoms in total. The van der Waals surface area contributed by atoms with Crippen LogP contribution in [0.4, 0.5) is 5.95 Å². The fourth-order valence-electron chi connectivity index (χ4n) is 2.26. The first-order valence-electron chi connectivity index (χ1n) is 7.57. The first-order chi connectivity index (χ1) is 11.2. The zero-order chi connectivity index (χ0) is 16.1. The highest BCUT2D eigenvalue weighted by molar-refractivity contribution is 5.29. The van der Waals surface area contributed by atoms with Crippen molar-refractivity contribution < 1.29 is 9.05 Å². The zero-order valence-corrected chi connectivity index (χ0v) is 13.3. The van der Waals surface area contributed by atoms with Crippen molar-refractivity contribution in [2.75, 3.05) is 11.9 Å². The van der Waals surface area contributed by atoms with Crippen LogP contribution in [0.2, 0.25) is 0 Å². The topological polar surface area (TPSA) is 81.1 Å². The summed E-state index contributed by atoms with van der Waals surface area (Å²) in [7, 11) is 1.95. The Kier molecular flexibility index (Phi) is 4.65. The Bertz CT molecular complexity index is 738. The minimum Gasteiger partial charge on any atom is -0.339 e. The number of hydrogen-bond donors (Lipinski definition) is 0. The van der Waals surface area contributed by atoms with Gasteiger partial charge in [0.2, 0.25) is 11.8 Å². The summed E-state index contributed by atoms with van der Waals surface area (Å²) in [5, 5.41) is 7.80. The van der Waals surface area contributed by atoms with Crippen LogP contribution in [0.25, 0.3) is 0 Å². The molecule has 2 heterocycles. The molecule has 3 aromatic rings. The predicted octanol–water partition coefficient (Wildman–Crippen LogP) is 2.57. The maximum Gasteiger partial charge on any atom is 0.266 e. The van der Waals surface area contributed by atoms with E-state index in [1.807, 2.05) is 30.1 Å². The van der Waals surface area contributed by atoms with E-state index in [2.05, 4.69) is 32.4 Å². The third-order valence-corrected chi connectivity index (χ3v) is 3.41. The number of nitrogens with zero attached hydrogens (tertiary/aromatic N) is 5. The standard InChI is InChI=1S/C16H19N5O2/c1-12-17-14(22-19-12)9-6-10-15-18-16(20-23-15)21(2)11-13-7-4-3-5-8-13/h3-5,7-8H,6,9-11H2,1-2H3. The Hall–Kier alpha value is -2.70. The molecule has 0 amide bonds. The van der Waals surface area contributed by atoms with Gasteiger partial charge in [0.15, 0.2) is 5.82 Å². The molecule has 0 spiro atoms. The first-order valence-corrected chi connectivity index (χ1v) is 7.57. The van der Waals surface area contributed by atoms with Gasteiger partial charge < -0.3 is 13.9 Å². The Morgan fingerprint density at radius 2 is 1.65 bits per heavy atom. The van der Waals surface area contributed by atoms with E-state index in [4.69, 9.17) is 9.05 Å². The maximum atomic E-state index is 5.30. The largest absolute Gasteiger partial charge is 0.339 e. The number of hydrogen-bond acceptors (Lipinski definition) is 7. The van der Waals surface area contributed by atoms with Crippen molar-refractivity contribution >= 4 is 5.95 Å². The summed E-state index contributed by atoms with van der Waals surface area (Å²) in [4.78, 5) is 10.6. The fourth-order valence-corrected chi connectivity index (χ4v) is 2.26. The van der Waals surface area contributed by atoms with E-state index in [0.717, 1.165) is 13.0 Å². The van der Waals surface area contributed by atoms with Gasteiger partial charge in [0.1, 0.15) is 0 Å². The molecular formula is C16H19N5O2. The third kappa shape index (κ3) is 4.15. The lowest BCUT2D eigenvalue weighted by atomic mass is 10.2.